The van der Waals surface area contributed by atoms with E-state index in [1.54, 1.807) is 19.2 Å². The van der Waals surface area contributed by atoms with Crippen LogP contribution in [0.25, 0.3) is 0 Å². The average Bonchev–Trinajstić information content (AvgIpc) is 2.52. The van der Waals surface area contributed by atoms with Crippen LogP contribution in [0, 0.1) is 0 Å². The number of aldehydes is 1. The van der Waals surface area contributed by atoms with Crippen LogP contribution in [-0.2, 0) is 4.74 Å². The van der Waals surface area contributed by atoms with Crippen LogP contribution in [0.2, 0.25) is 0 Å². The average molecular weight is 334 g/mol. The SMILES string of the molecule is COc1cccc(C=O)c1N1CCC[C@@H](NC(=O)OC(C)(C)C)C1. The molecule has 24 heavy (non-hydrogen) atoms. The predicted octanol–water partition coefficient (Wildman–Crippen LogP) is 3.00. The van der Waals surface area contributed by atoms with Crippen molar-refractivity contribution in [2.75, 3.05) is 25.1 Å². The van der Waals surface area contributed by atoms with E-state index >= 15 is 0 Å². The summed E-state index contributed by atoms with van der Waals surface area (Å²) in [5.41, 5.74) is 0.851. The summed E-state index contributed by atoms with van der Waals surface area (Å²) in [6.45, 7) is 6.94. The van der Waals surface area contributed by atoms with Gasteiger partial charge in [0, 0.05) is 24.7 Å². The van der Waals surface area contributed by atoms with Crippen LogP contribution in [-0.4, -0.2) is 44.2 Å². The molecule has 1 saturated heterocycles. The molecular weight excluding hydrogens is 308 g/mol. The number of rotatable bonds is 4. The van der Waals surface area contributed by atoms with Gasteiger partial charge in [-0.25, -0.2) is 4.79 Å². The lowest BCUT2D eigenvalue weighted by atomic mass is 10.0. The van der Waals surface area contributed by atoms with Gasteiger partial charge in [0.25, 0.3) is 0 Å². The Bertz CT molecular complexity index is 595. The van der Waals surface area contributed by atoms with Gasteiger partial charge in [0.1, 0.15) is 11.4 Å². The first kappa shape index (κ1) is 18.1. The van der Waals surface area contributed by atoms with Crippen molar-refractivity contribution in [2.24, 2.45) is 0 Å². The molecule has 132 valence electrons. The summed E-state index contributed by atoms with van der Waals surface area (Å²) in [5, 5.41) is 2.92. The number of benzene rings is 1. The number of ether oxygens (including phenoxy) is 2. The second kappa shape index (κ2) is 7.55. The van der Waals surface area contributed by atoms with E-state index < -0.39 is 11.7 Å². The minimum Gasteiger partial charge on any atom is -0.495 e. The van der Waals surface area contributed by atoms with Gasteiger partial charge < -0.3 is 19.7 Å². The number of carbonyl (C=O) groups is 2. The molecule has 1 aromatic carbocycles. The van der Waals surface area contributed by atoms with E-state index in [0.717, 1.165) is 31.4 Å². The fourth-order valence-electron chi connectivity index (χ4n) is 2.91. The van der Waals surface area contributed by atoms with Crippen molar-refractivity contribution < 1.29 is 19.1 Å². The van der Waals surface area contributed by atoms with E-state index in [-0.39, 0.29) is 6.04 Å². The predicted molar refractivity (Wildman–Crippen MR) is 93.0 cm³/mol. The van der Waals surface area contributed by atoms with Crippen LogP contribution >= 0.6 is 0 Å². The molecule has 1 fully saturated rings. The highest BCUT2D eigenvalue weighted by Gasteiger charge is 2.26. The Morgan fingerprint density at radius 1 is 1.38 bits per heavy atom. The van der Waals surface area contributed by atoms with Gasteiger partial charge >= 0.3 is 6.09 Å². The van der Waals surface area contributed by atoms with Gasteiger partial charge in [0.15, 0.2) is 6.29 Å². The van der Waals surface area contributed by atoms with E-state index in [0.29, 0.717) is 17.9 Å². The highest BCUT2D eigenvalue weighted by molar-refractivity contribution is 5.87. The first-order valence-electron chi connectivity index (χ1n) is 8.20. The van der Waals surface area contributed by atoms with Gasteiger partial charge in [-0.1, -0.05) is 6.07 Å². The number of carbonyl (C=O) groups excluding carboxylic acids is 2. The molecule has 1 aromatic rings. The molecule has 0 bridgehead atoms. The van der Waals surface area contributed by atoms with Crippen molar-refractivity contribution >= 4 is 18.1 Å². The lowest BCUT2D eigenvalue weighted by molar-refractivity contribution is 0.0499. The van der Waals surface area contributed by atoms with Crippen LogP contribution < -0.4 is 15.0 Å². The molecule has 1 N–H and O–H groups in total. The van der Waals surface area contributed by atoms with Crippen molar-refractivity contribution in [1.82, 2.24) is 5.32 Å². The van der Waals surface area contributed by atoms with Crippen molar-refractivity contribution in [3.8, 4) is 5.75 Å². The number of piperidine rings is 1. The molecule has 1 aliphatic rings. The molecule has 0 radical (unpaired) electrons. The fraction of sp³-hybridized carbons (Fsp3) is 0.556. The highest BCUT2D eigenvalue weighted by Crippen LogP contribution is 2.33. The number of nitrogens with zero attached hydrogens (tertiary/aromatic N) is 1. The third-order valence-electron chi connectivity index (χ3n) is 3.84. The molecule has 6 nitrogen and oxygen atoms in total. The number of anilines is 1. The first-order chi connectivity index (χ1) is 11.3. The quantitative estimate of drug-likeness (QED) is 0.857. The molecule has 1 amide bonds. The topological polar surface area (TPSA) is 67.9 Å². The zero-order valence-corrected chi connectivity index (χ0v) is 14.8. The van der Waals surface area contributed by atoms with Crippen LogP contribution in [0.15, 0.2) is 18.2 Å². The molecule has 0 aliphatic carbocycles. The third-order valence-corrected chi connectivity index (χ3v) is 3.84. The molecule has 2 rings (SSSR count). The summed E-state index contributed by atoms with van der Waals surface area (Å²) in [7, 11) is 1.59. The summed E-state index contributed by atoms with van der Waals surface area (Å²) in [6, 6.07) is 5.38. The summed E-state index contributed by atoms with van der Waals surface area (Å²) in [4.78, 5) is 25.5. The Morgan fingerprint density at radius 2 is 2.12 bits per heavy atom. The summed E-state index contributed by atoms with van der Waals surface area (Å²) >= 11 is 0. The minimum absolute atomic E-state index is 0.0296. The maximum absolute atomic E-state index is 12.0. The van der Waals surface area contributed by atoms with Crippen molar-refractivity contribution in [3.63, 3.8) is 0 Å². The maximum Gasteiger partial charge on any atom is 0.407 e. The number of alkyl carbamates (subject to hydrolysis) is 1. The van der Waals surface area contributed by atoms with E-state index in [2.05, 4.69) is 10.2 Å². The number of amides is 1. The Balaban J connectivity index is 2.11. The van der Waals surface area contributed by atoms with Crippen LogP contribution in [0.5, 0.6) is 5.75 Å². The summed E-state index contributed by atoms with van der Waals surface area (Å²) < 4.78 is 10.7. The molecule has 0 aromatic heterocycles. The molecule has 1 heterocycles. The van der Waals surface area contributed by atoms with Gasteiger partial charge in [-0.05, 0) is 45.7 Å². The van der Waals surface area contributed by atoms with Crippen LogP contribution in [0.4, 0.5) is 10.5 Å². The molecular formula is C18H26N2O4. The smallest absolute Gasteiger partial charge is 0.407 e. The van der Waals surface area contributed by atoms with Crippen molar-refractivity contribution in [1.29, 1.82) is 0 Å². The van der Waals surface area contributed by atoms with Gasteiger partial charge in [0.2, 0.25) is 0 Å². The monoisotopic (exact) mass is 334 g/mol. The van der Waals surface area contributed by atoms with Crippen LogP contribution in [0.3, 0.4) is 0 Å². The van der Waals surface area contributed by atoms with Gasteiger partial charge in [-0.2, -0.15) is 0 Å². The Hall–Kier alpha value is -2.24. The Morgan fingerprint density at radius 3 is 2.75 bits per heavy atom. The number of nitrogens with one attached hydrogen (secondary N) is 1. The van der Waals surface area contributed by atoms with Crippen molar-refractivity contribution in [3.05, 3.63) is 23.8 Å². The highest BCUT2D eigenvalue weighted by atomic mass is 16.6. The molecule has 0 spiro atoms. The van der Waals surface area contributed by atoms with E-state index in [1.807, 2.05) is 26.8 Å². The number of para-hydroxylation sites is 1. The second-order valence-electron chi connectivity index (χ2n) is 6.95. The van der Waals surface area contributed by atoms with Gasteiger partial charge in [-0.3, -0.25) is 4.79 Å². The number of hydrogen-bond acceptors (Lipinski definition) is 5. The normalized spacial score (nSPS) is 18.0. The third kappa shape index (κ3) is 4.63. The summed E-state index contributed by atoms with van der Waals surface area (Å²) in [5.74, 6) is 0.664. The fourth-order valence-corrected chi connectivity index (χ4v) is 2.91. The van der Waals surface area contributed by atoms with Crippen LogP contribution in [0.1, 0.15) is 44.0 Å². The zero-order chi connectivity index (χ0) is 17.7. The minimum atomic E-state index is -0.522. The molecule has 0 unspecified atom stereocenters. The number of methoxy groups -OCH3 is 1. The van der Waals surface area contributed by atoms with E-state index in [4.69, 9.17) is 9.47 Å². The van der Waals surface area contributed by atoms with E-state index in [9.17, 15) is 9.59 Å². The van der Waals surface area contributed by atoms with Gasteiger partial charge in [-0.15, -0.1) is 0 Å². The zero-order valence-electron chi connectivity index (χ0n) is 14.8. The number of hydrogen-bond donors (Lipinski definition) is 1. The Kier molecular flexibility index (Phi) is 5.70. The van der Waals surface area contributed by atoms with Crippen molar-refractivity contribution in [2.45, 2.75) is 45.3 Å². The molecule has 0 saturated carbocycles. The standard InChI is InChI=1S/C18H26N2O4/c1-18(2,3)24-17(22)19-14-8-6-10-20(11-14)16-13(12-21)7-5-9-15(16)23-4/h5,7,9,12,14H,6,8,10-11H2,1-4H3,(H,19,22)/t14-/m1/s1. The van der Waals surface area contributed by atoms with Gasteiger partial charge in [0.05, 0.1) is 12.8 Å². The first-order valence-corrected chi connectivity index (χ1v) is 8.20. The Labute approximate surface area is 143 Å². The largest absolute Gasteiger partial charge is 0.495 e. The summed E-state index contributed by atoms with van der Waals surface area (Å²) in [6.07, 6.45) is 2.21. The molecule has 1 atom stereocenters. The molecule has 6 heteroatoms. The maximum atomic E-state index is 12.0. The lowest BCUT2D eigenvalue weighted by Crippen LogP contribution is -2.49. The lowest BCUT2D eigenvalue weighted by Gasteiger charge is -2.36. The van der Waals surface area contributed by atoms with E-state index in [1.165, 1.54) is 0 Å². The molecule has 1 aliphatic heterocycles. The second-order valence-corrected chi connectivity index (χ2v) is 6.95.